The van der Waals surface area contributed by atoms with Gasteiger partial charge in [0.25, 0.3) is 0 Å². The molecule has 0 aliphatic rings. The predicted molar refractivity (Wildman–Crippen MR) is 70.7 cm³/mol. The Labute approximate surface area is 85.9 Å². The van der Waals surface area contributed by atoms with E-state index in [1.807, 2.05) is 0 Å². The first-order valence-corrected chi connectivity index (χ1v) is 12.8. The maximum Gasteiger partial charge on any atom is 0.0831 e. The van der Waals surface area contributed by atoms with Gasteiger partial charge in [-0.2, -0.15) is 0 Å². The van der Waals surface area contributed by atoms with Gasteiger partial charge in [-0.05, 0) is 15.9 Å². The van der Waals surface area contributed by atoms with Crippen LogP contribution in [0, 0.1) is 6.07 Å². The van der Waals surface area contributed by atoms with Gasteiger partial charge in [-0.25, -0.2) is 0 Å². The highest BCUT2D eigenvalue weighted by atomic mass is 31.0. The molecule has 1 rings (SSSR count). The normalized spacial score (nSPS) is 13.4. The lowest BCUT2D eigenvalue weighted by Gasteiger charge is -2.16. The number of hydrogen-bond acceptors (Lipinski definition) is 0. The largest absolute Gasteiger partial charge is 0.141 e. The molecule has 1 aromatic rings. The van der Waals surface area contributed by atoms with E-state index >= 15 is 0 Å². The van der Waals surface area contributed by atoms with E-state index in [0.717, 1.165) is 8.19 Å². The van der Waals surface area contributed by atoms with E-state index in [1.54, 1.807) is 9.84 Å². The van der Waals surface area contributed by atoms with Crippen molar-refractivity contribution in [1.29, 1.82) is 0 Å². The van der Waals surface area contributed by atoms with Gasteiger partial charge in [0.05, 0.1) is 16.1 Å². The molecule has 0 bridgehead atoms. The molecule has 0 aromatic carbocycles. The summed E-state index contributed by atoms with van der Waals surface area (Å²) >= 11 is 0. The maximum atomic E-state index is 3.52. The van der Waals surface area contributed by atoms with E-state index < -0.39 is 16.1 Å². The molecule has 13 heavy (non-hydrogen) atoms. The zero-order chi connectivity index (χ0) is 10.3. The number of hydrogen-bond donors (Lipinski definition) is 0. The fourth-order valence-corrected chi connectivity index (χ4v) is 6.88. The molecule has 0 fully saturated rings. The van der Waals surface area contributed by atoms with E-state index in [2.05, 4.69) is 51.4 Å². The molecule has 0 N–H and O–H groups in total. The van der Waals surface area contributed by atoms with Crippen LogP contribution >= 0.6 is 8.19 Å². The first-order valence-electron chi connectivity index (χ1n) is 4.83. The average molecular weight is 227 g/mol. The molecule has 0 spiro atoms. The lowest BCUT2D eigenvalue weighted by molar-refractivity contribution is 1.77. The van der Waals surface area contributed by atoms with E-state index in [-0.39, 0.29) is 0 Å². The molecule has 1 radical (unpaired) electrons. The summed E-state index contributed by atoms with van der Waals surface area (Å²) in [6, 6.07) is 5.81. The van der Waals surface area contributed by atoms with Crippen LogP contribution in [0.3, 0.4) is 0 Å². The van der Waals surface area contributed by atoms with Crippen LogP contribution in [0.5, 0.6) is 0 Å². The van der Waals surface area contributed by atoms with Gasteiger partial charge in [0.2, 0.25) is 0 Å². The SMILES string of the molecule is C[Si](C)(C)c1[c]cc([Si](C)(C)C)[pH]1. The van der Waals surface area contributed by atoms with Gasteiger partial charge >= 0.3 is 0 Å². The predicted octanol–water partition coefficient (Wildman–Crippen LogP) is 2.61. The van der Waals surface area contributed by atoms with Gasteiger partial charge in [-0.3, -0.25) is 0 Å². The van der Waals surface area contributed by atoms with Gasteiger partial charge in [-0.15, -0.1) is 8.19 Å². The third kappa shape index (κ3) is 2.83. The van der Waals surface area contributed by atoms with Crippen molar-refractivity contribution in [2.45, 2.75) is 39.3 Å². The van der Waals surface area contributed by atoms with Gasteiger partial charge in [0, 0.05) is 0 Å². The Hall–Kier alpha value is 0.214. The zero-order valence-corrected chi connectivity index (χ0v) is 12.6. The first kappa shape index (κ1) is 11.3. The molecule has 1 unspecified atom stereocenters. The summed E-state index contributed by atoms with van der Waals surface area (Å²) in [4.78, 5) is 3.36. The van der Waals surface area contributed by atoms with Crippen LogP contribution in [-0.2, 0) is 0 Å². The second-order valence-electron chi connectivity index (χ2n) is 5.70. The van der Waals surface area contributed by atoms with Crippen molar-refractivity contribution in [3.63, 3.8) is 0 Å². The minimum atomic E-state index is -1.06. The first-order chi connectivity index (χ1) is 5.71. The molecule has 0 amide bonds. The molecular weight excluding hydrogens is 207 g/mol. The summed E-state index contributed by atoms with van der Waals surface area (Å²) in [6.45, 7) is 14.6. The molecule has 1 atom stereocenters. The van der Waals surface area contributed by atoms with E-state index in [1.165, 1.54) is 0 Å². The van der Waals surface area contributed by atoms with Crippen molar-refractivity contribution >= 4 is 34.2 Å². The maximum absolute atomic E-state index is 3.52. The molecule has 0 saturated heterocycles. The summed E-state index contributed by atoms with van der Waals surface area (Å²) in [5.74, 6) is 0. The van der Waals surface area contributed by atoms with Crippen LogP contribution in [0.25, 0.3) is 0 Å². The van der Waals surface area contributed by atoms with Crippen LogP contribution in [0.1, 0.15) is 0 Å². The lowest BCUT2D eigenvalue weighted by atomic mass is 10.7. The molecule has 0 nitrogen and oxygen atoms in total. The lowest BCUT2D eigenvalue weighted by Crippen LogP contribution is -2.37. The minimum Gasteiger partial charge on any atom is -0.141 e. The Morgan fingerprint density at radius 1 is 1.00 bits per heavy atom. The van der Waals surface area contributed by atoms with Crippen LogP contribution in [0.2, 0.25) is 39.3 Å². The summed E-state index contributed by atoms with van der Waals surface area (Å²) in [7, 11) is -1.11. The molecule has 0 aliphatic heterocycles. The zero-order valence-electron chi connectivity index (χ0n) is 9.58. The fourth-order valence-electron chi connectivity index (χ4n) is 1.16. The van der Waals surface area contributed by atoms with Crippen molar-refractivity contribution in [2.75, 3.05) is 0 Å². The van der Waals surface area contributed by atoms with Crippen molar-refractivity contribution < 1.29 is 0 Å². The summed E-state index contributed by atoms with van der Waals surface area (Å²) in [5.41, 5.74) is 0. The molecule has 73 valence electrons. The third-order valence-corrected chi connectivity index (χ3v) is 11.6. The second kappa shape index (κ2) is 3.41. The van der Waals surface area contributed by atoms with Gasteiger partial charge in [0.1, 0.15) is 0 Å². The van der Waals surface area contributed by atoms with E-state index in [0.29, 0.717) is 0 Å². The molecule has 3 heteroatoms. The highest BCUT2D eigenvalue weighted by molar-refractivity contribution is 7.49. The topological polar surface area (TPSA) is 0 Å². The van der Waals surface area contributed by atoms with Crippen LogP contribution in [-0.4, -0.2) is 16.1 Å². The fraction of sp³-hybridized carbons (Fsp3) is 0.600. The van der Waals surface area contributed by atoms with E-state index in [9.17, 15) is 0 Å². The summed E-state index contributed by atoms with van der Waals surface area (Å²) in [6.07, 6.45) is 0. The minimum absolute atomic E-state index is 0.984. The van der Waals surface area contributed by atoms with Crippen LogP contribution in [0.15, 0.2) is 6.07 Å². The molecule has 1 heterocycles. The quantitative estimate of drug-likeness (QED) is 0.681. The Kier molecular flexibility index (Phi) is 2.96. The Morgan fingerprint density at radius 3 is 1.77 bits per heavy atom. The Balaban J connectivity index is 3.01. The van der Waals surface area contributed by atoms with Crippen molar-refractivity contribution in [3.05, 3.63) is 12.1 Å². The van der Waals surface area contributed by atoms with E-state index in [4.69, 9.17) is 0 Å². The molecule has 0 saturated carbocycles. The second-order valence-corrected chi connectivity index (χ2v) is 18.0. The van der Waals surface area contributed by atoms with Gasteiger partial charge in [-0.1, -0.05) is 45.3 Å². The molecule has 0 aliphatic carbocycles. The van der Waals surface area contributed by atoms with Crippen LogP contribution < -0.4 is 9.84 Å². The smallest absolute Gasteiger partial charge is 0.0831 e. The summed E-state index contributed by atoms with van der Waals surface area (Å²) < 4.78 is 0. The molecule has 1 aromatic heterocycles. The highest BCUT2D eigenvalue weighted by Gasteiger charge is 2.22. The monoisotopic (exact) mass is 227 g/mol. The Morgan fingerprint density at radius 2 is 1.54 bits per heavy atom. The van der Waals surface area contributed by atoms with Gasteiger partial charge < -0.3 is 0 Å². The average Bonchev–Trinajstić information content (AvgIpc) is 2.28. The Bertz CT molecular complexity index is 260. The van der Waals surface area contributed by atoms with Crippen molar-refractivity contribution in [3.8, 4) is 0 Å². The molecular formula is C10H20PSi2. The number of rotatable bonds is 2. The third-order valence-electron chi connectivity index (χ3n) is 2.18. The van der Waals surface area contributed by atoms with Crippen molar-refractivity contribution in [2.24, 2.45) is 0 Å². The highest BCUT2D eigenvalue weighted by Crippen LogP contribution is 2.14. The van der Waals surface area contributed by atoms with Crippen LogP contribution in [0.4, 0.5) is 0 Å². The standard InChI is InChI=1S/C10H20PSi2/c1-12(2,3)9-7-8-10(11-9)13(4,5)6/h7,11H,1-6H3. The van der Waals surface area contributed by atoms with Gasteiger partial charge in [0.15, 0.2) is 0 Å². The van der Waals surface area contributed by atoms with Crippen molar-refractivity contribution in [1.82, 2.24) is 0 Å². The summed E-state index contributed by atoms with van der Waals surface area (Å²) in [5, 5.41) is 0.